The molecule has 0 aromatic heterocycles. The van der Waals surface area contributed by atoms with E-state index in [2.05, 4.69) is 25.2 Å². The van der Waals surface area contributed by atoms with E-state index in [1.165, 1.54) is 11.6 Å². The molecule has 2 rings (SSSR count). The molecule has 0 atom stereocenters. The Labute approximate surface area is 126 Å². The first-order chi connectivity index (χ1) is 10.1. The maximum atomic E-state index is 13.5. The summed E-state index contributed by atoms with van der Waals surface area (Å²) in [5.41, 5.74) is 2.95. The highest BCUT2D eigenvalue weighted by atomic mass is 19.1. The maximum absolute atomic E-state index is 13.5. The van der Waals surface area contributed by atoms with E-state index in [4.69, 9.17) is 4.74 Å². The Kier molecular flexibility index (Phi) is 5.34. The van der Waals surface area contributed by atoms with Gasteiger partial charge in [0.05, 0.1) is 0 Å². The van der Waals surface area contributed by atoms with Crippen LogP contribution in [0.25, 0.3) is 0 Å². The van der Waals surface area contributed by atoms with Gasteiger partial charge in [0.2, 0.25) is 0 Å². The standard InChI is InChI=1S/C18H22FNO/c1-13(2)20-11-15-6-4-5-7-16(15)12-21-17-9-8-14(3)18(19)10-17/h4-10,13,20H,11-12H2,1-3H3. The van der Waals surface area contributed by atoms with E-state index >= 15 is 0 Å². The Morgan fingerprint density at radius 1 is 1.10 bits per heavy atom. The first-order valence-electron chi connectivity index (χ1n) is 7.25. The Morgan fingerprint density at radius 2 is 1.81 bits per heavy atom. The quantitative estimate of drug-likeness (QED) is 0.859. The molecule has 21 heavy (non-hydrogen) atoms. The van der Waals surface area contributed by atoms with Gasteiger partial charge in [-0.15, -0.1) is 0 Å². The monoisotopic (exact) mass is 287 g/mol. The predicted octanol–water partition coefficient (Wildman–Crippen LogP) is 4.21. The van der Waals surface area contributed by atoms with Crippen LogP contribution < -0.4 is 10.1 Å². The number of ether oxygens (including phenoxy) is 1. The molecular weight excluding hydrogens is 265 g/mol. The third-order valence-corrected chi connectivity index (χ3v) is 3.36. The molecule has 2 aromatic rings. The van der Waals surface area contributed by atoms with Crippen molar-refractivity contribution in [3.8, 4) is 5.75 Å². The number of rotatable bonds is 6. The summed E-state index contributed by atoms with van der Waals surface area (Å²) in [6, 6.07) is 13.5. The van der Waals surface area contributed by atoms with E-state index in [9.17, 15) is 4.39 Å². The van der Waals surface area contributed by atoms with Crippen molar-refractivity contribution < 1.29 is 9.13 Å². The summed E-state index contributed by atoms with van der Waals surface area (Å²) in [6.07, 6.45) is 0. The lowest BCUT2D eigenvalue weighted by Gasteiger charge is -2.13. The molecule has 0 radical (unpaired) electrons. The zero-order chi connectivity index (χ0) is 15.2. The van der Waals surface area contributed by atoms with Crippen molar-refractivity contribution in [2.45, 2.75) is 40.0 Å². The minimum atomic E-state index is -0.234. The summed E-state index contributed by atoms with van der Waals surface area (Å²) in [6.45, 7) is 7.23. The topological polar surface area (TPSA) is 21.3 Å². The van der Waals surface area contributed by atoms with Gasteiger partial charge < -0.3 is 10.1 Å². The normalized spacial score (nSPS) is 10.9. The molecule has 0 spiro atoms. The van der Waals surface area contributed by atoms with Gasteiger partial charge in [-0.1, -0.05) is 44.2 Å². The number of hydrogen-bond donors (Lipinski definition) is 1. The van der Waals surface area contributed by atoms with Gasteiger partial charge in [0.15, 0.2) is 0 Å². The van der Waals surface area contributed by atoms with Crippen molar-refractivity contribution in [3.05, 3.63) is 65.0 Å². The van der Waals surface area contributed by atoms with Gasteiger partial charge >= 0.3 is 0 Å². The van der Waals surface area contributed by atoms with Gasteiger partial charge in [-0.05, 0) is 29.7 Å². The summed E-state index contributed by atoms with van der Waals surface area (Å²) in [5.74, 6) is 0.326. The average Bonchev–Trinajstić information content (AvgIpc) is 2.47. The van der Waals surface area contributed by atoms with Crippen LogP contribution in [0.15, 0.2) is 42.5 Å². The highest BCUT2D eigenvalue weighted by Crippen LogP contribution is 2.18. The Balaban J connectivity index is 2.03. The van der Waals surface area contributed by atoms with Crippen molar-refractivity contribution in [1.29, 1.82) is 0 Å². The second-order valence-electron chi connectivity index (χ2n) is 5.50. The number of aryl methyl sites for hydroxylation is 1. The molecule has 1 N–H and O–H groups in total. The van der Waals surface area contributed by atoms with Crippen molar-refractivity contribution in [3.63, 3.8) is 0 Å². The third-order valence-electron chi connectivity index (χ3n) is 3.36. The van der Waals surface area contributed by atoms with Crippen LogP contribution in [0.1, 0.15) is 30.5 Å². The number of hydrogen-bond acceptors (Lipinski definition) is 2. The fourth-order valence-electron chi connectivity index (χ4n) is 2.01. The number of benzene rings is 2. The third kappa shape index (κ3) is 4.57. The molecule has 0 aliphatic heterocycles. The van der Waals surface area contributed by atoms with Gasteiger partial charge in [0, 0.05) is 18.7 Å². The SMILES string of the molecule is Cc1ccc(OCc2ccccc2CNC(C)C)cc1F. The van der Waals surface area contributed by atoms with Crippen molar-refractivity contribution in [2.75, 3.05) is 0 Å². The molecular formula is C18H22FNO. The van der Waals surface area contributed by atoms with Gasteiger partial charge in [-0.2, -0.15) is 0 Å². The van der Waals surface area contributed by atoms with Crippen molar-refractivity contribution >= 4 is 0 Å². The van der Waals surface area contributed by atoms with Crippen molar-refractivity contribution in [2.24, 2.45) is 0 Å². The minimum Gasteiger partial charge on any atom is -0.489 e. The molecule has 2 aromatic carbocycles. The zero-order valence-corrected chi connectivity index (χ0v) is 12.8. The molecule has 0 saturated carbocycles. The first kappa shape index (κ1) is 15.5. The second kappa shape index (κ2) is 7.23. The van der Waals surface area contributed by atoms with Crippen LogP contribution in [-0.4, -0.2) is 6.04 Å². The molecule has 0 bridgehead atoms. The molecule has 0 saturated heterocycles. The molecule has 2 nitrogen and oxygen atoms in total. The maximum Gasteiger partial charge on any atom is 0.129 e. The summed E-state index contributed by atoms with van der Waals surface area (Å²) >= 11 is 0. The molecule has 0 unspecified atom stereocenters. The van der Waals surface area contributed by atoms with Gasteiger partial charge in [0.1, 0.15) is 18.2 Å². The van der Waals surface area contributed by atoms with Crippen LogP contribution in [0.3, 0.4) is 0 Å². The van der Waals surface area contributed by atoms with Crippen LogP contribution in [0.4, 0.5) is 4.39 Å². The Bertz CT molecular complexity index is 596. The van der Waals surface area contributed by atoms with E-state index in [1.807, 2.05) is 18.2 Å². The van der Waals surface area contributed by atoms with E-state index in [1.54, 1.807) is 19.1 Å². The zero-order valence-electron chi connectivity index (χ0n) is 12.8. The minimum absolute atomic E-state index is 0.234. The summed E-state index contributed by atoms with van der Waals surface area (Å²) in [5, 5.41) is 3.40. The molecule has 0 aliphatic carbocycles. The lowest BCUT2D eigenvalue weighted by molar-refractivity contribution is 0.303. The highest BCUT2D eigenvalue weighted by Gasteiger charge is 2.05. The van der Waals surface area contributed by atoms with E-state index in [0.29, 0.717) is 24.0 Å². The summed E-state index contributed by atoms with van der Waals surface area (Å²) in [7, 11) is 0. The first-order valence-corrected chi connectivity index (χ1v) is 7.25. The molecule has 0 amide bonds. The number of halogens is 1. The molecule has 3 heteroatoms. The lowest BCUT2D eigenvalue weighted by atomic mass is 10.1. The molecule has 112 valence electrons. The fraction of sp³-hybridized carbons (Fsp3) is 0.333. The van der Waals surface area contributed by atoms with Gasteiger partial charge in [-0.3, -0.25) is 0 Å². The fourth-order valence-corrected chi connectivity index (χ4v) is 2.01. The average molecular weight is 287 g/mol. The van der Waals surface area contributed by atoms with Crippen LogP contribution in [0, 0.1) is 12.7 Å². The van der Waals surface area contributed by atoms with Gasteiger partial charge in [0.25, 0.3) is 0 Å². The molecule has 0 aliphatic rings. The lowest BCUT2D eigenvalue weighted by Crippen LogP contribution is -2.22. The molecule has 0 heterocycles. The second-order valence-corrected chi connectivity index (χ2v) is 5.50. The van der Waals surface area contributed by atoms with E-state index in [-0.39, 0.29) is 5.82 Å². The number of nitrogens with one attached hydrogen (secondary N) is 1. The van der Waals surface area contributed by atoms with Gasteiger partial charge in [-0.25, -0.2) is 4.39 Å². The van der Waals surface area contributed by atoms with Crippen LogP contribution >= 0.6 is 0 Å². The Hall–Kier alpha value is -1.87. The van der Waals surface area contributed by atoms with Crippen molar-refractivity contribution in [1.82, 2.24) is 5.32 Å². The Morgan fingerprint density at radius 3 is 2.48 bits per heavy atom. The molecule has 0 fully saturated rings. The largest absolute Gasteiger partial charge is 0.489 e. The van der Waals surface area contributed by atoms with E-state index in [0.717, 1.165) is 12.1 Å². The summed E-state index contributed by atoms with van der Waals surface area (Å²) in [4.78, 5) is 0. The van der Waals surface area contributed by atoms with Crippen LogP contribution in [0.5, 0.6) is 5.75 Å². The van der Waals surface area contributed by atoms with Crippen LogP contribution in [-0.2, 0) is 13.2 Å². The smallest absolute Gasteiger partial charge is 0.129 e. The van der Waals surface area contributed by atoms with E-state index < -0.39 is 0 Å². The highest BCUT2D eigenvalue weighted by molar-refractivity contribution is 5.30. The van der Waals surface area contributed by atoms with Crippen LogP contribution in [0.2, 0.25) is 0 Å². The summed E-state index contributed by atoms with van der Waals surface area (Å²) < 4.78 is 19.2. The predicted molar refractivity (Wildman–Crippen MR) is 83.9 cm³/mol.